The smallest absolute Gasteiger partial charge is 0.319 e. The molecule has 166 valence electrons. The van der Waals surface area contributed by atoms with E-state index in [-0.39, 0.29) is 6.03 Å². The van der Waals surface area contributed by atoms with Crippen molar-refractivity contribution >= 4 is 33.7 Å². The van der Waals surface area contributed by atoms with Crippen molar-refractivity contribution in [3.8, 4) is 0 Å². The second-order valence-corrected chi connectivity index (χ2v) is 7.93. The molecule has 4 rings (SSSR count). The molecule has 0 aliphatic heterocycles. The van der Waals surface area contributed by atoms with E-state index in [0.29, 0.717) is 13.1 Å². The largest absolute Gasteiger partial charge is 0.340 e. The first-order valence-electron chi connectivity index (χ1n) is 11.3. The maximum Gasteiger partial charge on any atom is 0.319 e. The fraction of sp³-hybridized carbons (Fsp3) is 0.320. The van der Waals surface area contributed by atoms with Crippen molar-refractivity contribution in [2.45, 2.75) is 38.5 Å². The van der Waals surface area contributed by atoms with Crippen LogP contribution >= 0.6 is 0 Å². The molecule has 0 fully saturated rings. The highest BCUT2D eigenvalue weighted by Crippen LogP contribution is 2.26. The van der Waals surface area contributed by atoms with E-state index >= 15 is 0 Å². The number of aromatic nitrogens is 3. The standard InChI is InChI=1S/C25H30N6O/c26-16-8-6-14-21-24-23(19-12-4-5-13-20(19)29-21)30-22(31-24)15-7-9-17-27-25(32)28-18-10-2-1-3-11-18/h1-5,10-13H,6-9,14-17,26H2,(H,30,31)(H2,27,28,32). The zero-order chi connectivity index (χ0) is 22.2. The SMILES string of the molecule is NCCCCc1nc2ccccc2c2nc(CCCCNC(=O)Nc3ccccc3)[nH]c12. The summed E-state index contributed by atoms with van der Waals surface area (Å²) in [4.78, 5) is 25.3. The third-order valence-electron chi connectivity index (χ3n) is 5.48. The number of unbranched alkanes of at least 4 members (excludes halogenated alkanes) is 2. The minimum atomic E-state index is -0.181. The number of aryl methyl sites for hydroxylation is 2. The molecule has 0 saturated carbocycles. The summed E-state index contributed by atoms with van der Waals surface area (Å²) in [7, 11) is 0. The van der Waals surface area contributed by atoms with Gasteiger partial charge in [0.15, 0.2) is 0 Å². The number of urea groups is 1. The minimum Gasteiger partial charge on any atom is -0.340 e. The number of imidazole rings is 1. The Kier molecular flexibility index (Phi) is 7.30. The van der Waals surface area contributed by atoms with Gasteiger partial charge in [0.05, 0.1) is 22.2 Å². The number of aromatic amines is 1. The molecule has 7 nitrogen and oxygen atoms in total. The average molecular weight is 431 g/mol. The molecule has 32 heavy (non-hydrogen) atoms. The first-order chi connectivity index (χ1) is 15.7. The number of pyridine rings is 1. The predicted molar refractivity (Wildman–Crippen MR) is 130 cm³/mol. The summed E-state index contributed by atoms with van der Waals surface area (Å²) < 4.78 is 0. The lowest BCUT2D eigenvalue weighted by Crippen LogP contribution is -2.29. The summed E-state index contributed by atoms with van der Waals surface area (Å²) in [5.41, 5.74) is 10.5. The molecule has 0 aliphatic rings. The van der Waals surface area contributed by atoms with Gasteiger partial charge in [0.25, 0.3) is 0 Å². The predicted octanol–water partition coefficient (Wildman–Crippen LogP) is 4.54. The molecule has 0 radical (unpaired) electrons. The normalized spacial score (nSPS) is 11.2. The van der Waals surface area contributed by atoms with Gasteiger partial charge in [0, 0.05) is 24.0 Å². The molecule has 0 spiro atoms. The number of nitrogens with one attached hydrogen (secondary N) is 3. The molecule has 0 aliphatic carbocycles. The number of rotatable bonds is 10. The number of hydrogen-bond acceptors (Lipinski definition) is 4. The maximum atomic E-state index is 12.0. The van der Waals surface area contributed by atoms with Gasteiger partial charge in [-0.25, -0.2) is 9.78 Å². The Morgan fingerprint density at radius 2 is 1.69 bits per heavy atom. The van der Waals surface area contributed by atoms with Crippen LogP contribution in [-0.4, -0.2) is 34.1 Å². The van der Waals surface area contributed by atoms with E-state index in [1.54, 1.807) is 0 Å². The maximum absolute atomic E-state index is 12.0. The zero-order valence-electron chi connectivity index (χ0n) is 18.2. The first-order valence-corrected chi connectivity index (χ1v) is 11.3. The molecule has 7 heteroatoms. The van der Waals surface area contributed by atoms with Crippen molar-refractivity contribution in [1.82, 2.24) is 20.3 Å². The zero-order valence-corrected chi connectivity index (χ0v) is 18.2. The average Bonchev–Trinajstić information content (AvgIpc) is 3.24. The van der Waals surface area contributed by atoms with Gasteiger partial charge in [-0.3, -0.25) is 4.98 Å². The van der Waals surface area contributed by atoms with Crippen molar-refractivity contribution in [3.05, 3.63) is 66.1 Å². The minimum absolute atomic E-state index is 0.181. The third kappa shape index (κ3) is 5.42. The van der Waals surface area contributed by atoms with Crippen LogP contribution < -0.4 is 16.4 Å². The van der Waals surface area contributed by atoms with E-state index in [2.05, 4.69) is 21.7 Å². The van der Waals surface area contributed by atoms with Gasteiger partial charge < -0.3 is 21.4 Å². The number of carbonyl (C=O) groups is 1. The molecule has 0 atom stereocenters. The van der Waals surface area contributed by atoms with Gasteiger partial charge in [0.2, 0.25) is 0 Å². The quantitative estimate of drug-likeness (QED) is 0.277. The number of fused-ring (bicyclic) bond motifs is 3. The summed E-state index contributed by atoms with van der Waals surface area (Å²) in [5, 5.41) is 6.81. The number of para-hydroxylation sites is 2. The van der Waals surface area contributed by atoms with Crippen LogP contribution in [0.25, 0.3) is 21.9 Å². The Hall–Kier alpha value is -3.45. The highest BCUT2D eigenvalue weighted by atomic mass is 16.2. The van der Waals surface area contributed by atoms with E-state index in [0.717, 1.165) is 77.7 Å². The monoisotopic (exact) mass is 430 g/mol. The van der Waals surface area contributed by atoms with Gasteiger partial charge in [-0.2, -0.15) is 0 Å². The van der Waals surface area contributed by atoms with Crippen molar-refractivity contribution in [1.29, 1.82) is 0 Å². The van der Waals surface area contributed by atoms with Crippen molar-refractivity contribution < 1.29 is 4.79 Å². The van der Waals surface area contributed by atoms with Gasteiger partial charge in [-0.1, -0.05) is 36.4 Å². The summed E-state index contributed by atoms with van der Waals surface area (Å²) in [6, 6.07) is 17.4. The summed E-state index contributed by atoms with van der Waals surface area (Å²) in [6.45, 7) is 1.32. The Morgan fingerprint density at radius 1 is 0.906 bits per heavy atom. The van der Waals surface area contributed by atoms with Crippen molar-refractivity contribution in [2.75, 3.05) is 18.4 Å². The van der Waals surface area contributed by atoms with E-state index in [1.165, 1.54) is 0 Å². The number of H-pyrrole nitrogens is 1. The van der Waals surface area contributed by atoms with E-state index in [9.17, 15) is 4.79 Å². The van der Waals surface area contributed by atoms with Crippen LogP contribution in [0.15, 0.2) is 54.6 Å². The Bertz CT molecular complexity index is 1170. The second kappa shape index (κ2) is 10.7. The molecule has 2 aromatic carbocycles. The third-order valence-corrected chi connectivity index (χ3v) is 5.48. The van der Waals surface area contributed by atoms with Gasteiger partial charge in [-0.05, 0) is 56.8 Å². The fourth-order valence-corrected chi connectivity index (χ4v) is 3.85. The Balaban J connectivity index is 1.35. The molecule has 0 saturated heterocycles. The molecule has 2 aromatic heterocycles. The molecular formula is C25H30N6O. The van der Waals surface area contributed by atoms with Crippen LogP contribution in [0.2, 0.25) is 0 Å². The number of carbonyl (C=O) groups excluding carboxylic acids is 1. The lowest BCUT2D eigenvalue weighted by molar-refractivity contribution is 0.252. The topological polar surface area (TPSA) is 109 Å². The van der Waals surface area contributed by atoms with Gasteiger partial charge in [0.1, 0.15) is 5.82 Å². The van der Waals surface area contributed by atoms with Crippen molar-refractivity contribution in [3.63, 3.8) is 0 Å². The van der Waals surface area contributed by atoms with Crippen LogP contribution in [0.5, 0.6) is 0 Å². The second-order valence-electron chi connectivity index (χ2n) is 7.93. The Labute approximate surface area is 187 Å². The fourth-order valence-electron chi connectivity index (χ4n) is 3.85. The molecule has 0 unspecified atom stereocenters. The summed E-state index contributed by atoms with van der Waals surface area (Å²) in [6.07, 6.45) is 5.53. The first kappa shape index (κ1) is 21.8. The number of amides is 2. The summed E-state index contributed by atoms with van der Waals surface area (Å²) in [5.74, 6) is 0.965. The van der Waals surface area contributed by atoms with E-state index in [4.69, 9.17) is 15.7 Å². The highest BCUT2D eigenvalue weighted by molar-refractivity contribution is 6.03. The molecular weight excluding hydrogens is 400 g/mol. The number of anilines is 1. The molecule has 2 amide bonds. The number of nitrogens with two attached hydrogens (primary N) is 1. The number of nitrogens with zero attached hydrogens (tertiary/aromatic N) is 2. The molecule has 2 heterocycles. The molecule has 0 bridgehead atoms. The molecule has 4 aromatic rings. The Morgan fingerprint density at radius 3 is 2.53 bits per heavy atom. The van der Waals surface area contributed by atoms with Gasteiger partial charge in [-0.15, -0.1) is 0 Å². The lowest BCUT2D eigenvalue weighted by atomic mass is 10.1. The van der Waals surface area contributed by atoms with Crippen molar-refractivity contribution in [2.24, 2.45) is 5.73 Å². The van der Waals surface area contributed by atoms with Crippen LogP contribution in [0.3, 0.4) is 0 Å². The number of benzene rings is 2. The van der Waals surface area contributed by atoms with Gasteiger partial charge >= 0.3 is 6.03 Å². The highest BCUT2D eigenvalue weighted by Gasteiger charge is 2.13. The number of hydrogen-bond donors (Lipinski definition) is 4. The lowest BCUT2D eigenvalue weighted by Gasteiger charge is -2.07. The van der Waals surface area contributed by atoms with Crippen LogP contribution in [0.1, 0.15) is 37.2 Å². The van der Waals surface area contributed by atoms with E-state index < -0.39 is 0 Å². The molecule has 5 N–H and O–H groups in total. The van der Waals surface area contributed by atoms with Crippen LogP contribution in [0.4, 0.5) is 10.5 Å². The van der Waals surface area contributed by atoms with Crippen LogP contribution in [0, 0.1) is 0 Å². The van der Waals surface area contributed by atoms with E-state index in [1.807, 2.05) is 48.5 Å². The summed E-state index contributed by atoms with van der Waals surface area (Å²) >= 11 is 0. The van der Waals surface area contributed by atoms with Crippen LogP contribution in [-0.2, 0) is 12.8 Å².